The Morgan fingerprint density at radius 3 is 2.59 bits per heavy atom. The Bertz CT molecular complexity index is 841. The quantitative estimate of drug-likeness (QED) is 0.576. The van der Waals surface area contributed by atoms with Crippen molar-refractivity contribution in [2.24, 2.45) is 29.6 Å². The Morgan fingerprint density at radius 1 is 1.06 bits per heavy atom. The van der Waals surface area contributed by atoms with Crippen LogP contribution in [0.4, 0.5) is 5.69 Å². The van der Waals surface area contributed by atoms with Crippen molar-refractivity contribution in [2.75, 3.05) is 58.4 Å². The normalized spacial score (nSPS) is 33.7. The van der Waals surface area contributed by atoms with Crippen molar-refractivity contribution in [1.29, 1.82) is 0 Å². The van der Waals surface area contributed by atoms with E-state index in [2.05, 4.69) is 21.2 Å². The van der Waals surface area contributed by atoms with Crippen molar-refractivity contribution in [1.82, 2.24) is 10.2 Å². The molecule has 5 rings (SSSR count). The smallest absolute Gasteiger partial charge is 0.223 e. The molecule has 4 aliphatic rings. The largest absolute Gasteiger partial charge is 0.495 e. The highest BCUT2D eigenvalue weighted by Gasteiger charge is 2.57. The number of nitrogens with one attached hydrogen (secondary N) is 1. The summed E-state index contributed by atoms with van der Waals surface area (Å²) in [5, 5.41) is 13.7. The van der Waals surface area contributed by atoms with Crippen LogP contribution in [0, 0.1) is 29.6 Å². The molecule has 0 aromatic heterocycles. The molecule has 1 aromatic rings. The molecule has 7 nitrogen and oxygen atoms in total. The van der Waals surface area contributed by atoms with E-state index in [1.165, 1.54) is 12.8 Å². The SMILES string of the molecule is COc1ccccc1N1CCN(CC(O)CCNC(=O)C2CC3C4CC(OC)C(C4)C3C2)CC1. The van der Waals surface area contributed by atoms with Crippen molar-refractivity contribution in [3.8, 4) is 5.75 Å². The second-order valence-electron chi connectivity index (χ2n) is 10.9. The van der Waals surface area contributed by atoms with Gasteiger partial charge in [0.2, 0.25) is 5.91 Å². The van der Waals surface area contributed by atoms with Gasteiger partial charge in [-0.3, -0.25) is 9.69 Å². The maximum Gasteiger partial charge on any atom is 0.223 e. The van der Waals surface area contributed by atoms with Gasteiger partial charge in [-0.1, -0.05) is 12.1 Å². The van der Waals surface area contributed by atoms with E-state index in [9.17, 15) is 9.90 Å². The molecular weight excluding hydrogens is 430 g/mol. The number of aliphatic hydroxyl groups excluding tert-OH is 1. The first kappa shape index (κ1) is 23.9. The molecule has 3 aliphatic carbocycles. The highest BCUT2D eigenvalue weighted by molar-refractivity contribution is 5.79. The summed E-state index contributed by atoms with van der Waals surface area (Å²) in [6, 6.07) is 8.13. The first-order valence-corrected chi connectivity index (χ1v) is 13.2. The number of rotatable bonds is 9. The van der Waals surface area contributed by atoms with Gasteiger partial charge in [0.15, 0.2) is 0 Å². The number of para-hydroxylation sites is 2. The summed E-state index contributed by atoms with van der Waals surface area (Å²) < 4.78 is 11.2. The molecule has 7 atom stereocenters. The van der Waals surface area contributed by atoms with Gasteiger partial charge in [0.1, 0.15) is 5.75 Å². The van der Waals surface area contributed by atoms with E-state index < -0.39 is 6.10 Å². The minimum Gasteiger partial charge on any atom is -0.495 e. The first-order chi connectivity index (χ1) is 16.6. The average molecular weight is 472 g/mol. The number of piperazine rings is 1. The summed E-state index contributed by atoms with van der Waals surface area (Å²) in [6.07, 6.45) is 5.18. The number of amides is 1. The molecule has 2 bridgehead atoms. The van der Waals surface area contributed by atoms with Gasteiger partial charge in [0.05, 0.1) is 25.0 Å². The molecule has 2 N–H and O–H groups in total. The van der Waals surface area contributed by atoms with Crippen LogP contribution < -0.4 is 15.0 Å². The summed E-state index contributed by atoms with van der Waals surface area (Å²) in [6.45, 7) is 4.87. The number of β-amino-alcohol motifs (C(OH)–C–C–N with tert-alkyl or cyclic N) is 1. The van der Waals surface area contributed by atoms with E-state index in [-0.39, 0.29) is 11.8 Å². The average Bonchev–Trinajstić information content (AvgIpc) is 3.56. The minimum atomic E-state index is -0.417. The molecule has 1 saturated heterocycles. The number of benzene rings is 1. The Balaban J connectivity index is 1.00. The maximum atomic E-state index is 12.8. The second kappa shape index (κ2) is 10.4. The van der Waals surface area contributed by atoms with Crippen molar-refractivity contribution >= 4 is 11.6 Å². The Labute approximate surface area is 203 Å². The molecule has 1 amide bonds. The predicted octanol–water partition coefficient (Wildman–Crippen LogP) is 2.38. The molecule has 0 spiro atoms. The van der Waals surface area contributed by atoms with Crippen LogP contribution in [-0.2, 0) is 9.53 Å². The number of ether oxygens (including phenoxy) is 2. The van der Waals surface area contributed by atoms with Crippen molar-refractivity contribution in [3.63, 3.8) is 0 Å². The standard InChI is InChI=1S/C27H41N3O4/c1-33-25-6-4-3-5-24(25)30-11-9-29(10-12-30)17-20(31)7-8-28-27(32)19-14-21-18-13-23(22(21)15-19)26(16-18)34-2/h3-6,18-23,26,31H,7-17H2,1-2H3,(H,28,32). The third-order valence-electron chi connectivity index (χ3n) is 9.12. The van der Waals surface area contributed by atoms with Gasteiger partial charge in [-0.15, -0.1) is 0 Å². The number of aliphatic hydroxyl groups is 1. The fourth-order valence-electron chi connectivity index (χ4n) is 7.45. The molecule has 1 aliphatic heterocycles. The monoisotopic (exact) mass is 471 g/mol. The van der Waals surface area contributed by atoms with Crippen LogP contribution in [0.1, 0.15) is 32.1 Å². The highest BCUT2D eigenvalue weighted by Crippen LogP contribution is 2.60. The number of fused-ring (bicyclic) bond motifs is 5. The van der Waals surface area contributed by atoms with Gasteiger partial charge in [0, 0.05) is 52.3 Å². The van der Waals surface area contributed by atoms with Crippen LogP contribution in [0.3, 0.4) is 0 Å². The van der Waals surface area contributed by atoms with Gasteiger partial charge in [-0.05, 0) is 67.9 Å². The van der Waals surface area contributed by atoms with Crippen LogP contribution >= 0.6 is 0 Å². The van der Waals surface area contributed by atoms with Crippen LogP contribution in [0.25, 0.3) is 0 Å². The Hall–Kier alpha value is -1.83. The summed E-state index contributed by atoms with van der Waals surface area (Å²) >= 11 is 0. The fourth-order valence-corrected chi connectivity index (χ4v) is 7.45. The minimum absolute atomic E-state index is 0.149. The molecule has 1 aromatic carbocycles. The van der Waals surface area contributed by atoms with Gasteiger partial charge < -0.3 is 24.8 Å². The first-order valence-electron chi connectivity index (χ1n) is 13.2. The van der Waals surface area contributed by atoms with Crippen molar-refractivity contribution in [3.05, 3.63) is 24.3 Å². The zero-order valence-electron chi connectivity index (χ0n) is 20.7. The molecule has 188 valence electrons. The fraction of sp³-hybridized carbons (Fsp3) is 0.741. The molecule has 0 radical (unpaired) electrons. The summed E-state index contributed by atoms with van der Waals surface area (Å²) in [5.74, 6) is 4.10. The van der Waals surface area contributed by atoms with Gasteiger partial charge >= 0.3 is 0 Å². The molecule has 7 unspecified atom stereocenters. The number of hydrogen-bond donors (Lipinski definition) is 2. The molecule has 4 fully saturated rings. The molecule has 1 heterocycles. The zero-order chi connectivity index (χ0) is 23.7. The third-order valence-corrected chi connectivity index (χ3v) is 9.12. The van der Waals surface area contributed by atoms with Crippen molar-refractivity contribution < 1.29 is 19.4 Å². The number of carbonyl (C=O) groups excluding carboxylic acids is 1. The lowest BCUT2D eigenvalue weighted by atomic mass is 9.80. The van der Waals surface area contributed by atoms with Crippen LogP contribution in [-0.4, -0.2) is 81.6 Å². The number of nitrogens with zero attached hydrogens (tertiary/aromatic N) is 2. The summed E-state index contributed by atoms with van der Waals surface area (Å²) in [5.41, 5.74) is 1.13. The zero-order valence-corrected chi connectivity index (χ0v) is 20.7. The van der Waals surface area contributed by atoms with E-state index in [1.54, 1.807) is 7.11 Å². The number of anilines is 1. The molecular formula is C27H41N3O4. The number of hydrogen-bond acceptors (Lipinski definition) is 6. The lowest BCUT2D eigenvalue weighted by molar-refractivity contribution is -0.125. The van der Waals surface area contributed by atoms with E-state index in [4.69, 9.17) is 9.47 Å². The number of carbonyl (C=O) groups is 1. The van der Waals surface area contributed by atoms with Crippen LogP contribution in [0.2, 0.25) is 0 Å². The second-order valence-corrected chi connectivity index (χ2v) is 10.9. The lowest BCUT2D eigenvalue weighted by Gasteiger charge is -2.37. The van der Waals surface area contributed by atoms with E-state index in [0.29, 0.717) is 37.5 Å². The van der Waals surface area contributed by atoms with Gasteiger partial charge in [-0.25, -0.2) is 0 Å². The van der Waals surface area contributed by atoms with Gasteiger partial charge in [0.25, 0.3) is 0 Å². The summed E-state index contributed by atoms with van der Waals surface area (Å²) in [4.78, 5) is 17.5. The molecule has 3 saturated carbocycles. The Morgan fingerprint density at radius 2 is 1.82 bits per heavy atom. The van der Waals surface area contributed by atoms with Crippen molar-refractivity contribution in [2.45, 2.75) is 44.3 Å². The maximum absolute atomic E-state index is 12.8. The van der Waals surface area contributed by atoms with Crippen LogP contribution in [0.15, 0.2) is 24.3 Å². The van der Waals surface area contributed by atoms with E-state index in [0.717, 1.165) is 62.3 Å². The van der Waals surface area contributed by atoms with Crippen LogP contribution in [0.5, 0.6) is 5.75 Å². The van der Waals surface area contributed by atoms with E-state index in [1.807, 2.05) is 25.3 Å². The predicted molar refractivity (Wildman–Crippen MR) is 132 cm³/mol. The number of methoxy groups -OCH3 is 2. The topological polar surface area (TPSA) is 74.3 Å². The van der Waals surface area contributed by atoms with E-state index >= 15 is 0 Å². The Kier molecular flexibility index (Phi) is 7.32. The highest BCUT2D eigenvalue weighted by atomic mass is 16.5. The lowest BCUT2D eigenvalue weighted by Crippen LogP contribution is -2.49. The third kappa shape index (κ3) is 4.79. The molecule has 34 heavy (non-hydrogen) atoms. The molecule has 7 heteroatoms. The summed E-state index contributed by atoms with van der Waals surface area (Å²) in [7, 11) is 3.55. The van der Waals surface area contributed by atoms with Gasteiger partial charge in [-0.2, -0.15) is 0 Å².